The molecule has 0 aliphatic heterocycles. The second kappa shape index (κ2) is 17.6. The molecule has 0 N–H and O–H groups in total. The van der Waals surface area contributed by atoms with Crippen molar-refractivity contribution in [3.05, 3.63) is 220 Å². The van der Waals surface area contributed by atoms with Gasteiger partial charge in [-0.15, -0.1) is 0 Å². The summed E-state index contributed by atoms with van der Waals surface area (Å²) >= 11 is 0. The van der Waals surface area contributed by atoms with E-state index in [1.54, 1.807) is 0 Å². The van der Waals surface area contributed by atoms with Gasteiger partial charge in [0.2, 0.25) is 0 Å². The van der Waals surface area contributed by atoms with E-state index in [2.05, 4.69) is 195 Å². The second-order valence-corrected chi connectivity index (χ2v) is 25.0. The van der Waals surface area contributed by atoms with Crippen LogP contribution in [0.15, 0.2) is 176 Å². The fourth-order valence-electron chi connectivity index (χ4n) is 16.9. The van der Waals surface area contributed by atoms with Crippen LogP contribution in [-0.4, -0.2) is 0 Å². The normalized spacial score (nSPS) is 24.1. The fraction of sp³-hybridized carbons (Fsp3) is 0.351. The van der Waals surface area contributed by atoms with Gasteiger partial charge >= 0.3 is 0 Å². The van der Waals surface area contributed by atoms with Gasteiger partial charge in [-0.1, -0.05) is 198 Å². The van der Waals surface area contributed by atoms with Crippen LogP contribution in [0.5, 0.6) is 0 Å². The van der Waals surface area contributed by atoms with Crippen LogP contribution >= 0.6 is 0 Å². The quantitative estimate of drug-likeness (QED) is 0.160. The molecule has 4 fully saturated rings. The van der Waals surface area contributed by atoms with Crippen LogP contribution < -0.4 is 4.90 Å². The summed E-state index contributed by atoms with van der Waals surface area (Å²) in [4.78, 5) is 2.55. The molecule has 0 heterocycles. The third-order valence-electron chi connectivity index (χ3n) is 21.0. The van der Waals surface area contributed by atoms with Gasteiger partial charge in [0.25, 0.3) is 0 Å². The number of hydrogen-bond acceptors (Lipinski definition) is 1. The topological polar surface area (TPSA) is 3.24 Å². The van der Waals surface area contributed by atoms with Gasteiger partial charge in [0.15, 0.2) is 0 Å². The monoisotopic (exact) mass is 978 g/mol. The van der Waals surface area contributed by atoms with E-state index in [1.807, 2.05) is 0 Å². The maximum Gasteiger partial charge on any atom is 0.0726 e. The predicted molar refractivity (Wildman–Crippen MR) is 314 cm³/mol. The molecule has 3 spiro atoms. The summed E-state index contributed by atoms with van der Waals surface area (Å²) < 4.78 is 21.0. The molecule has 8 aromatic rings. The molecule has 0 unspecified atom stereocenters. The summed E-state index contributed by atoms with van der Waals surface area (Å²) in [6.45, 7) is 4.78. The number of para-hydroxylation sites is 1. The first kappa shape index (κ1) is 43.8. The van der Waals surface area contributed by atoms with E-state index in [1.165, 1.54) is 153 Å². The van der Waals surface area contributed by atoms with Crippen molar-refractivity contribution in [2.24, 2.45) is 10.8 Å². The van der Waals surface area contributed by atoms with E-state index >= 15 is 0 Å². The molecule has 75 heavy (non-hydrogen) atoms. The lowest BCUT2D eigenvalue weighted by molar-refractivity contribution is 0.114. The van der Waals surface area contributed by atoms with Crippen LogP contribution in [0.25, 0.3) is 44.5 Å². The molecule has 0 bridgehead atoms. The first-order chi connectivity index (χ1) is 37.5. The van der Waals surface area contributed by atoms with E-state index in [-0.39, 0.29) is 5.41 Å². The van der Waals surface area contributed by atoms with Crippen molar-refractivity contribution in [2.45, 2.75) is 152 Å². The highest BCUT2D eigenvalue weighted by atomic mass is 15.1. The van der Waals surface area contributed by atoms with Crippen molar-refractivity contribution in [2.75, 3.05) is 4.90 Å². The molecule has 1 heteroatoms. The number of benzene rings is 8. The number of nitrogens with zero attached hydrogens (tertiary/aromatic N) is 1. The van der Waals surface area contributed by atoms with Crippen molar-refractivity contribution < 1.29 is 2.74 Å². The average molecular weight is 978 g/mol. The summed E-state index contributed by atoms with van der Waals surface area (Å²) in [5.74, 6) is -1.27. The third-order valence-corrected chi connectivity index (χ3v) is 21.0. The minimum Gasteiger partial charge on any atom is -0.310 e. The lowest BCUT2D eigenvalue weighted by Crippen LogP contribution is -2.30. The molecule has 0 saturated heterocycles. The Balaban J connectivity index is 0.948. The molecule has 1 nitrogen and oxygen atoms in total. The van der Waals surface area contributed by atoms with Gasteiger partial charge in [0.1, 0.15) is 0 Å². The fourth-order valence-corrected chi connectivity index (χ4v) is 16.9. The predicted octanol–water partition coefficient (Wildman–Crippen LogP) is 20.7. The SMILES string of the molecule is [2H]C1(c2ccc3c(c2)C2(c4ccccc4-c4ccc(N(c5ccc6c(c5)C(C)(C)c5ccccc5-6)c5ccccc5-c5ccccc5)cc42)c2cc(C4([2H])CCC5(CCCCC5)CC4)ccc2-3)CCC2(CCCCC2)CC1. The Kier molecular flexibility index (Phi) is 10.2. The van der Waals surface area contributed by atoms with E-state index in [9.17, 15) is 2.74 Å². The smallest absolute Gasteiger partial charge is 0.0726 e. The first-order valence-corrected chi connectivity index (χ1v) is 29.3. The van der Waals surface area contributed by atoms with E-state index in [0.29, 0.717) is 10.8 Å². The summed E-state index contributed by atoms with van der Waals surface area (Å²) in [6.07, 6.45) is 21.8. The highest BCUT2D eigenvalue weighted by Gasteiger charge is 2.53. The van der Waals surface area contributed by atoms with Gasteiger partial charge in [-0.3, -0.25) is 0 Å². The number of fused-ring (bicyclic) bond motifs is 13. The van der Waals surface area contributed by atoms with Gasteiger partial charge in [-0.25, -0.2) is 0 Å². The Morgan fingerprint density at radius 3 is 1.33 bits per heavy atom. The molecule has 374 valence electrons. The zero-order valence-corrected chi connectivity index (χ0v) is 44.4. The second-order valence-electron chi connectivity index (χ2n) is 25.0. The minimum absolute atomic E-state index is 0.169. The van der Waals surface area contributed by atoms with Crippen molar-refractivity contribution in [1.82, 2.24) is 0 Å². The number of hydrogen-bond donors (Lipinski definition) is 0. The van der Waals surface area contributed by atoms with Gasteiger partial charge in [0.05, 0.1) is 11.1 Å². The van der Waals surface area contributed by atoms with Crippen LogP contribution in [-0.2, 0) is 10.8 Å². The molecule has 7 aliphatic rings. The van der Waals surface area contributed by atoms with Gasteiger partial charge in [0, 0.05) is 25.1 Å². The zero-order valence-electron chi connectivity index (χ0n) is 46.4. The number of rotatable bonds is 6. The molecule has 7 aliphatic carbocycles. The summed E-state index contributed by atoms with van der Waals surface area (Å²) in [5, 5.41) is 0. The third kappa shape index (κ3) is 7.08. The van der Waals surface area contributed by atoms with E-state index < -0.39 is 17.2 Å². The average Bonchev–Trinajstić information content (AvgIpc) is 4.26. The zero-order chi connectivity index (χ0) is 51.8. The van der Waals surface area contributed by atoms with E-state index in [4.69, 9.17) is 0 Å². The van der Waals surface area contributed by atoms with Crippen molar-refractivity contribution in [3.8, 4) is 44.5 Å². The largest absolute Gasteiger partial charge is 0.310 e. The van der Waals surface area contributed by atoms with Crippen LogP contribution in [0, 0.1) is 10.8 Å². The molecule has 8 aromatic carbocycles. The molecule has 0 radical (unpaired) electrons. The first-order valence-electron chi connectivity index (χ1n) is 30.3. The van der Waals surface area contributed by atoms with Crippen molar-refractivity contribution in [3.63, 3.8) is 0 Å². The Hall–Kier alpha value is -6.44. The van der Waals surface area contributed by atoms with Crippen molar-refractivity contribution >= 4 is 17.1 Å². The molecule has 0 atom stereocenters. The Morgan fingerprint density at radius 1 is 0.360 bits per heavy atom. The van der Waals surface area contributed by atoms with E-state index in [0.717, 1.165) is 68.4 Å². The van der Waals surface area contributed by atoms with Gasteiger partial charge in [-0.05, 0) is 213 Å². The highest BCUT2D eigenvalue weighted by Crippen LogP contribution is 2.65. The molecule has 0 amide bonds. The maximum atomic E-state index is 10.5. The summed E-state index contributed by atoms with van der Waals surface area (Å²) in [5.41, 5.74) is 23.9. The Bertz CT molecular complexity index is 3530. The van der Waals surface area contributed by atoms with Gasteiger partial charge < -0.3 is 4.90 Å². The maximum absolute atomic E-state index is 10.5. The molecular weight excluding hydrogens is 903 g/mol. The standard InChI is InChI=1S/C74H73N/c1-71(2)64-23-11-8-21-58(64)60-32-28-55(48-66(60)71)75(70-25-13-10-20-57(70)52-18-6-3-7-19-52)56-29-33-63-59-22-9-12-24-65(59)74(69(63)49-56)67-46-53(50-34-42-72(43-35-50)38-14-4-15-39-72)26-30-61(67)62-31-27-54(47-68(62)74)51-36-44-73(45-37-51)40-16-5-17-41-73/h3,6-13,18-33,46-51H,4-5,14-17,34-45H2,1-2H3/i50D,51D. The molecular formula is C74H73N. The Morgan fingerprint density at radius 2 is 0.773 bits per heavy atom. The lowest BCUT2D eigenvalue weighted by Gasteiger charge is -2.43. The molecule has 4 saturated carbocycles. The summed E-state index contributed by atoms with van der Waals surface area (Å²) in [7, 11) is 0. The minimum atomic E-state index is -0.657. The van der Waals surface area contributed by atoms with Crippen LogP contribution in [0.2, 0.25) is 0 Å². The Labute approximate surface area is 450 Å². The molecule has 0 aromatic heterocycles. The molecule has 15 rings (SSSR count). The summed E-state index contributed by atoms with van der Waals surface area (Å²) in [6, 6.07) is 67.4. The van der Waals surface area contributed by atoms with Crippen LogP contribution in [0.3, 0.4) is 0 Å². The van der Waals surface area contributed by atoms with Crippen LogP contribution in [0.4, 0.5) is 17.1 Å². The highest BCUT2D eigenvalue weighted by molar-refractivity contribution is 5.98. The lowest BCUT2D eigenvalue weighted by atomic mass is 9.62. The number of anilines is 3. The van der Waals surface area contributed by atoms with Crippen molar-refractivity contribution in [1.29, 1.82) is 0 Å². The van der Waals surface area contributed by atoms with Crippen LogP contribution in [0.1, 0.15) is 188 Å². The van der Waals surface area contributed by atoms with Gasteiger partial charge in [-0.2, -0.15) is 0 Å².